The molecular formula is C10H17N3O2. The van der Waals surface area contributed by atoms with Gasteiger partial charge in [-0.2, -0.15) is 4.98 Å². The monoisotopic (exact) mass is 211 g/mol. The Morgan fingerprint density at radius 2 is 2.47 bits per heavy atom. The molecule has 5 nitrogen and oxygen atoms in total. The first-order chi connectivity index (χ1) is 7.31. The zero-order valence-corrected chi connectivity index (χ0v) is 8.98. The third kappa shape index (κ3) is 2.35. The normalized spacial score (nSPS) is 24.0. The standard InChI is InChI=1S/C10H17N3O2/c1-2-8(11)9-12-10(15-13-9)7-4-3-5-14-6-7/h7-8H,2-6,11H2,1H3. The van der Waals surface area contributed by atoms with Gasteiger partial charge >= 0.3 is 0 Å². The van der Waals surface area contributed by atoms with E-state index in [2.05, 4.69) is 10.1 Å². The Hall–Kier alpha value is -0.940. The first kappa shape index (κ1) is 10.6. The van der Waals surface area contributed by atoms with Crippen LogP contribution in [0.15, 0.2) is 4.52 Å². The quantitative estimate of drug-likeness (QED) is 0.817. The minimum atomic E-state index is -0.119. The molecule has 0 aromatic carbocycles. The summed E-state index contributed by atoms with van der Waals surface area (Å²) >= 11 is 0. The molecule has 1 aliphatic heterocycles. The summed E-state index contributed by atoms with van der Waals surface area (Å²) in [5.74, 6) is 1.54. The van der Waals surface area contributed by atoms with Crippen molar-refractivity contribution >= 4 is 0 Å². The molecule has 0 spiro atoms. The van der Waals surface area contributed by atoms with Crippen LogP contribution in [0.3, 0.4) is 0 Å². The minimum Gasteiger partial charge on any atom is -0.381 e. The van der Waals surface area contributed by atoms with Gasteiger partial charge in [-0.15, -0.1) is 0 Å². The van der Waals surface area contributed by atoms with Crippen molar-refractivity contribution in [2.24, 2.45) is 5.73 Å². The van der Waals surface area contributed by atoms with Crippen LogP contribution in [0.25, 0.3) is 0 Å². The number of hydrogen-bond donors (Lipinski definition) is 1. The predicted molar refractivity (Wildman–Crippen MR) is 54.3 cm³/mol. The van der Waals surface area contributed by atoms with Gasteiger partial charge in [-0.1, -0.05) is 12.1 Å². The average Bonchev–Trinajstić information content (AvgIpc) is 2.78. The number of rotatable bonds is 3. The van der Waals surface area contributed by atoms with Gasteiger partial charge in [-0.05, 0) is 19.3 Å². The van der Waals surface area contributed by atoms with Crippen molar-refractivity contribution in [3.8, 4) is 0 Å². The lowest BCUT2D eigenvalue weighted by atomic mass is 10.0. The van der Waals surface area contributed by atoms with Crippen LogP contribution in [-0.4, -0.2) is 23.4 Å². The molecule has 1 saturated heterocycles. The van der Waals surface area contributed by atoms with Crippen LogP contribution in [0, 0.1) is 0 Å². The van der Waals surface area contributed by atoms with Crippen LogP contribution in [0.1, 0.15) is 49.9 Å². The highest BCUT2D eigenvalue weighted by molar-refractivity contribution is 4.98. The van der Waals surface area contributed by atoms with Gasteiger partial charge in [0, 0.05) is 6.61 Å². The molecule has 2 atom stereocenters. The van der Waals surface area contributed by atoms with E-state index in [4.69, 9.17) is 15.0 Å². The second-order valence-electron chi connectivity index (χ2n) is 3.92. The summed E-state index contributed by atoms with van der Waals surface area (Å²) in [5, 5.41) is 3.90. The molecule has 1 aliphatic rings. The number of ether oxygens (including phenoxy) is 1. The maximum atomic E-state index is 5.82. The fraction of sp³-hybridized carbons (Fsp3) is 0.800. The molecule has 0 bridgehead atoms. The van der Waals surface area contributed by atoms with Crippen molar-refractivity contribution in [1.82, 2.24) is 10.1 Å². The Bertz CT molecular complexity index is 307. The van der Waals surface area contributed by atoms with Crippen molar-refractivity contribution in [3.63, 3.8) is 0 Å². The van der Waals surface area contributed by atoms with Gasteiger partial charge in [-0.3, -0.25) is 0 Å². The summed E-state index contributed by atoms with van der Waals surface area (Å²) in [7, 11) is 0. The van der Waals surface area contributed by atoms with E-state index in [1.54, 1.807) is 0 Å². The lowest BCUT2D eigenvalue weighted by molar-refractivity contribution is 0.0705. The molecule has 2 heterocycles. The molecule has 1 fully saturated rings. The van der Waals surface area contributed by atoms with Crippen LogP contribution in [0.5, 0.6) is 0 Å². The van der Waals surface area contributed by atoms with Crippen LogP contribution in [0.4, 0.5) is 0 Å². The third-order valence-corrected chi connectivity index (χ3v) is 2.74. The van der Waals surface area contributed by atoms with Crippen molar-refractivity contribution in [1.29, 1.82) is 0 Å². The van der Waals surface area contributed by atoms with Crippen LogP contribution < -0.4 is 5.73 Å². The first-order valence-corrected chi connectivity index (χ1v) is 5.48. The molecule has 1 aromatic heterocycles. The largest absolute Gasteiger partial charge is 0.381 e. The summed E-state index contributed by atoms with van der Waals surface area (Å²) in [6, 6.07) is -0.119. The third-order valence-electron chi connectivity index (χ3n) is 2.74. The molecule has 0 aliphatic carbocycles. The fourth-order valence-electron chi connectivity index (χ4n) is 1.68. The number of hydrogen-bond acceptors (Lipinski definition) is 5. The number of nitrogens with two attached hydrogens (primary N) is 1. The van der Waals surface area contributed by atoms with Gasteiger partial charge in [-0.25, -0.2) is 0 Å². The van der Waals surface area contributed by atoms with Crippen LogP contribution >= 0.6 is 0 Å². The van der Waals surface area contributed by atoms with Gasteiger partial charge in [0.15, 0.2) is 5.82 Å². The van der Waals surface area contributed by atoms with Gasteiger partial charge in [0.25, 0.3) is 0 Å². The average molecular weight is 211 g/mol. The van der Waals surface area contributed by atoms with Gasteiger partial charge < -0.3 is 15.0 Å². The molecule has 84 valence electrons. The highest BCUT2D eigenvalue weighted by atomic mass is 16.5. The Balaban J connectivity index is 2.05. The van der Waals surface area contributed by atoms with E-state index in [1.165, 1.54) is 0 Å². The van der Waals surface area contributed by atoms with E-state index in [9.17, 15) is 0 Å². The van der Waals surface area contributed by atoms with Crippen molar-refractivity contribution in [3.05, 3.63) is 11.7 Å². The van der Waals surface area contributed by atoms with E-state index in [-0.39, 0.29) is 12.0 Å². The fourth-order valence-corrected chi connectivity index (χ4v) is 1.68. The molecule has 0 amide bonds. The molecule has 2 unspecified atom stereocenters. The molecule has 0 radical (unpaired) electrons. The molecule has 15 heavy (non-hydrogen) atoms. The zero-order chi connectivity index (χ0) is 10.7. The predicted octanol–water partition coefficient (Wildman–Crippen LogP) is 1.37. The zero-order valence-electron chi connectivity index (χ0n) is 8.98. The van der Waals surface area contributed by atoms with Gasteiger partial charge in [0.1, 0.15) is 0 Å². The molecular weight excluding hydrogens is 194 g/mol. The van der Waals surface area contributed by atoms with Crippen molar-refractivity contribution in [2.75, 3.05) is 13.2 Å². The Kier molecular flexibility index (Phi) is 3.33. The van der Waals surface area contributed by atoms with Gasteiger partial charge in [0.2, 0.25) is 5.89 Å². The van der Waals surface area contributed by atoms with E-state index < -0.39 is 0 Å². The van der Waals surface area contributed by atoms with E-state index >= 15 is 0 Å². The Labute approximate surface area is 89.0 Å². The van der Waals surface area contributed by atoms with E-state index in [0.717, 1.165) is 25.9 Å². The number of nitrogens with zero attached hydrogens (tertiary/aromatic N) is 2. The number of aromatic nitrogens is 2. The Morgan fingerprint density at radius 3 is 3.13 bits per heavy atom. The summed E-state index contributed by atoms with van der Waals surface area (Å²) in [5.41, 5.74) is 5.82. The second-order valence-corrected chi connectivity index (χ2v) is 3.92. The van der Waals surface area contributed by atoms with Crippen molar-refractivity contribution in [2.45, 2.75) is 38.1 Å². The summed E-state index contributed by atoms with van der Waals surface area (Å²) in [4.78, 5) is 4.32. The topological polar surface area (TPSA) is 74.2 Å². The Morgan fingerprint density at radius 1 is 1.60 bits per heavy atom. The second kappa shape index (κ2) is 4.72. The first-order valence-electron chi connectivity index (χ1n) is 5.48. The summed E-state index contributed by atoms with van der Waals surface area (Å²) in [6.45, 7) is 3.53. The lowest BCUT2D eigenvalue weighted by Crippen LogP contribution is -2.16. The van der Waals surface area contributed by atoms with Gasteiger partial charge in [0.05, 0.1) is 18.6 Å². The van der Waals surface area contributed by atoms with Crippen molar-refractivity contribution < 1.29 is 9.26 Å². The minimum absolute atomic E-state index is 0.119. The SMILES string of the molecule is CCC(N)c1noc(C2CCCOC2)n1. The molecule has 2 N–H and O–H groups in total. The maximum absolute atomic E-state index is 5.82. The molecule has 2 rings (SSSR count). The van der Waals surface area contributed by atoms with E-state index in [1.807, 2.05) is 6.92 Å². The smallest absolute Gasteiger partial charge is 0.232 e. The molecule has 0 saturated carbocycles. The summed E-state index contributed by atoms with van der Waals surface area (Å²) in [6.07, 6.45) is 2.94. The van der Waals surface area contributed by atoms with E-state index in [0.29, 0.717) is 18.3 Å². The maximum Gasteiger partial charge on any atom is 0.232 e. The lowest BCUT2D eigenvalue weighted by Gasteiger charge is -2.18. The highest BCUT2D eigenvalue weighted by Gasteiger charge is 2.23. The highest BCUT2D eigenvalue weighted by Crippen LogP contribution is 2.24. The van der Waals surface area contributed by atoms with Crippen LogP contribution in [-0.2, 0) is 4.74 Å². The summed E-state index contributed by atoms with van der Waals surface area (Å²) < 4.78 is 10.6. The molecule has 1 aromatic rings. The van der Waals surface area contributed by atoms with Crippen LogP contribution in [0.2, 0.25) is 0 Å². The molecule has 5 heteroatoms.